The molecule has 1 aromatic heterocycles. The Morgan fingerprint density at radius 2 is 2.03 bits per heavy atom. The molecule has 9 heteroatoms. The Morgan fingerprint density at radius 3 is 2.72 bits per heavy atom. The summed E-state index contributed by atoms with van der Waals surface area (Å²) in [5.41, 5.74) is 1.03. The van der Waals surface area contributed by atoms with E-state index in [1.54, 1.807) is 4.90 Å². The molecule has 29 heavy (non-hydrogen) atoms. The quantitative estimate of drug-likeness (QED) is 0.743. The number of nitrogens with zero attached hydrogens (tertiary/aromatic N) is 3. The zero-order valence-corrected chi connectivity index (χ0v) is 15.7. The largest absolute Gasteiger partial charge is 0.395 e. The minimum absolute atomic E-state index is 0.0729. The second kappa shape index (κ2) is 8.04. The van der Waals surface area contributed by atoms with Gasteiger partial charge in [0, 0.05) is 19.2 Å². The topological polar surface area (TPSA) is 116 Å². The van der Waals surface area contributed by atoms with Crippen LogP contribution in [0.2, 0.25) is 0 Å². The van der Waals surface area contributed by atoms with Gasteiger partial charge in [0.15, 0.2) is 5.69 Å². The third-order valence-corrected chi connectivity index (χ3v) is 5.48. The number of rotatable bonds is 5. The molecule has 9 nitrogen and oxygen atoms in total. The minimum atomic E-state index is -0.458. The Hall–Kier alpha value is -3.20. The van der Waals surface area contributed by atoms with Crippen LogP contribution in [0.15, 0.2) is 47.2 Å². The number of hydrogen-bond acceptors (Lipinski definition) is 6. The van der Waals surface area contributed by atoms with Crippen molar-refractivity contribution in [2.24, 2.45) is 5.92 Å². The number of fused-ring (bicyclic) bond motifs is 1. The van der Waals surface area contributed by atoms with Crippen molar-refractivity contribution in [1.82, 2.24) is 20.3 Å². The molecule has 0 saturated carbocycles. The Labute approximate surface area is 167 Å². The molecule has 0 bridgehead atoms. The normalized spacial score (nSPS) is 23.8. The van der Waals surface area contributed by atoms with Crippen molar-refractivity contribution in [2.45, 2.75) is 18.5 Å². The number of piperazine rings is 1. The summed E-state index contributed by atoms with van der Waals surface area (Å²) in [7, 11) is 0. The van der Waals surface area contributed by atoms with E-state index in [4.69, 9.17) is 9.63 Å². The van der Waals surface area contributed by atoms with E-state index in [1.165, 1.54) is 17.2 Å². The number of nitrogens with one attached hydrogen (secondary N) is 1. The Morgan fingerprint density at radius 1 is 1.24 bits per heavy atom. The number of carbonyl (C=O) groups excluding carboxylic acids is 3. The fraction of sp³-hybridized carbons (Fsp3) is 0.400. The van der Waals surface area contributed by atoms with Crippen LogP contribution < -0.4 is 5.32 Å². The molecule has 0 aliphatic carbocycles. The van der Waals surface area contributed by atoms with Crippen molar-refractivity contribution in [3.8, 4) is 0 Å². The molecule has 3 atom stereocenters. The van der Waals surface area contributed by atoms with E-state index in [9.17, 15) is 14.4 Å². The van der Waals surface area contributed by atoms with Crippen LogP contribution in [0, 0.1) is 5.92 Å². The maximum Gasteiger partial charge on any atom is 0.276 e. The van der Waals surface area contributed by atoms with Crippen molar-refractivity contribution < 1.29 is 24.0 Å². The number of aliphatic hydroxyl groups excluding tert-OH is 1. The molecular formula is C20H22N4O5. The number of carbonyl (C=O) groups is 3. The van der Waals surface area contributed by atoms with Gasteiger partial charge in [-0.05, 0) is 12.0 Å². The lowest BCUT2D eigenvalue weighted by Crippen LogP contribution is -2.56. The molecule has 4 rings (SSSR count). The molecule has 2 aromatic rings. The second-order valence-electron chi connectivity index (χ2n) is 7.24. The minimum Gasteiger partial charge on any atom is -0.395 e. The van der Waals surface area contributed by atoms with E-state index in [2.05, 4.69) is 10.5 Å². The van der Waals surface area contributed by atoms with Gasteiger partial charge in [-0.25, -0.2) is 0 Å². The molecular weight excluding hydrogens is 376 g/mol. The molecule has 0 spiro atoms. The van der Waals surface area contributed by atoms with Crippen LogP contribution in [-0.4, -0.2) is 70.1 Å². The molecule has 2 N–H and O–H groups in total. The van der Waals surface area contributed by atoms with Gasteiger partial charge in [0.25, 0.3) is 5.91 Å². The molecule has 0 unspecified atom stereocenters. The van der Waals surface area contributed by atoms with Crippen molar-refractivity contribution >= 4 is 17.7 Å². The standard InChI is InChI=1S/C20H22N4O5/c25-8-7-21-19(27)15-10-14-11-23(20(28)16-6-9-29-22-16)12-17(26)24(14)18(15)13-4-2-1-3-5-13/h1-6,9,14-15,18,25H,7-8,10-12H2,(H,21,27)/t14-,15-,18-/m0/s1. The van der Waals surface area contributed by atoms with Gasteiger partial charge >= 0.3 is 0 Å². The van der Waals surface area contributed by atoms with Crippen LogP contribution in [0.3, 0.4) is 0 Å². The van der Waals surface area contributed by atoms with Crippen molar-refractivity contribution in [3.63, 3.8) is 0 Å². The number of hydrogen-bond donors (Lipinski definition) is 2. The third kappa shape index (κ3) is 3.61. The SMILES string of the molecule is O=C(NCCO)[C@H]1C[C@H]2CN(C(=O)c3ccon3)CC(=O)N2[C@H]1c1ccccc1. The highest BCUT2D eigenvalue weighted by Gasteiger charge is 2.50. The Kier molecular flexibility index (Phi) is 5.30. The van der Waals surface area contributed by atoms with Crippen LogP contribution in [0.5, 0.6) is 0 Å². The average Bonchev–Trinajstić information content (AvgIpc) is 3.40. The fourth-order valence-electron chi connectivity index (χ4n) is 4.29. The van der Waals surface area contributed by atoms with E-state index in [1.807, 2.05) is 30.3 Å². The highest BCUT2D eigenvalue weighted by Crippen LogP contribution is 2.43. The third-order valence-electron chi connectivity index (χ3n) is 5.48. The van der Waals surface area contributed by atoms with Crippen LogP contribution in [0.25, 0.3) is 0 Å². The fourth-order valence-corrected chi connectivity index (χ4v) is 4.29. The predicted octanol–water partition coefficient (Wildman–Crippen LogP) is 0.197. The van der Waals surface area contributed by atoms with Gasteiger partial charge in [0.1, 0.15) is 12.8 Å². The summed E-state index contributed by atoms with van der Waals surface area (Å²) in [5.74, 6) is -1.23. The molecule has 3 amide bonds. The number of benzene rings is 1. The average molecular weight is 398 g/mol. The van der Waals surface area contributed by atoms with E-state index in [-0.39, 0.29) is 49.2 Å². The van der Waals surface area contributed by atoms with Gasteiger partial charge in [0.05, 0.1) is 24.6 Å². The van der Waals surface area contributed by atoms with Crippen LogP contribution in [0.4, 0.5) is 0 Å². The van der Waals surface area contributed by atoms with E-state index < -0.39 is 12.0 Å². The Bertz CT molecular complexity index is 886. The molecule has 2 aliphatic rings. The molecule has 152 valence electrons. The lowest BCUT2D eigenvalue weighted by molar-refractivity contribution is -0.139. The smallest absolute Gasteiger partial charge is 0.276 e. The van der Waals surface area contributed by atoms with Gasteiger partial charge in [-0.15, -0.1) is 0 Å². The Balaban J connectivity index is 1.61. The van der Waals surface area contributed by atoms with Crippen molar-refractivity contribution in [1.29, 1.82) is 0 Å². The first-order valence-electron chi connectivity index (χ1n) is 9.54. The summed E-state index contributed by atoms with van der Waals surface area (Å²) in [6.45, 7) is 0.258. The summed E-state index contributed by atoms with van der Waals surface area (Å²) >= 11 is 0. The molecule has 0 radical (unpaired) electrons. The molecule has 2 fully saturated rings. The summed E-state index contributed by atoms with van der Waals surface area (Å²) in [6.07, 6.45) is 1.75. The maximum atomic E-state index is 13.0. The zero-order valence-electron chi connectivity index (χ0n) is 15.7. The monoisotopic (exact) mass is 398 g/mol. The molecule has 2 saturated heterocycles. The van der Waals surface area contributed by atoms with E-state index in [0.717, 1.165) is 5.56 Å². The summed E-state index contributed by atoms with van der Waals surface area (Å²) in [6, 6.07) is 10.2. The molecule has 2 aliphatic heterocycles. The first-order chi connectivity index (χ1) is 14.1. The maximum absolute atomic E-state index is 13.0. The summed E-state index contributed by atoms with van der Waals surface area (Å²) in [5, 5.41) is 15.4. The van der Waals surface area contributed by atoms with Gasteiger partial charge in [-0.3, -0.25) is 14.4 Å². The van der Waals surface area contributed by atoms with Gasteiger partial charge in [-0.1, -0.05) is 35.5 Å². The first kappa shape index (κ1) is 19.1. The van der Waals surface area contributed by atoms with Crippen molar-refractivity contribution in [3.05, 3.63) is 53.9 Å². The van der Waals surface area contributed by atoms with Gasteiger partial charge in [-0.2, -0.15) is 0 Å². The number of aliphatic hydroxyl groups is 1. The van der Waals surface area contributed by atoms with Crippen LogP contribution in [-0.2, 0) is 9.59 Å². The van der Waals surface area contributed by atoms with Crippen molar-refractivity contribution in [2.75, 3.05) is 26.2 Å². The number of aromatic nitrogens is 1. The van der Waals surface area contributed by atoms with Crippen LogP contribution in [0.1, 0.15) is 28.5 Å². The second-order valence-corrected chi connectivity index (χ2v) is 7.24. The lowest BCUT2D eigenvalue weighted by atomic mass is 9.92. The van der Waals surface area contributed by atoms with Crippen LogP contribution >= 0.6 is 0 Å². The highest BCUT2D eigenvalue weighted by molar-refractivity contribution is 5.96. The van der Waals surface area contributed by atoms with Gasteiger partial charge < -0.3 is 24.7 Å². The van der Waals surface area contributed by atoms with Gasteiger partial charge in [0.2, 0.25) is 11.8 Å². The zero-order chi connectivity index (χ0) is 20.4. The molecule has 1 aromatic carbocycles. The first-order valence-corrected chi connectivity index (χ1v) is 9.54. The number of amides is 3. The summed E-state index contributed by atoms with van der Waals surface area (Å²) < 4.78 is 4.73. The highest BCUT2D eigenvalue weighted by atomic mass is 16.5. The predicted molar refractivity (Wildman–Crippen MR) is 100 cm³/mol. The van der Waals surface area contributed by atoms with E-state index >= 15 is 0 Å². The molecule has 3 heterocycles. The lowest BCUT2D eigenvalue weighted by Gasteiger charge is -2.39. The van der Waals surface area contributed by atoms with E-state index in [0.29, 0.717) is 13.0 Å². The summed E-state index contributed by atoms with van der Waals surface area (Å²) in [4.78, 5) is 41.6.